The van der Waals surface area contributed by atoms with Crippen LogP contribution in [0.3, 0.4) is 0 Å². The van der Waals surface area contributed by atoms with Gasteiger partial charge in [-0.3, -0.25) is 9.59 Å². The predicted molar refractivity (Wildman–Crippen MR) is 133 cm³/mol. The lowest BCUT2D eigenvalue weighted by molar-refractivity contribution is -0.120. The summed E-state index contributed by atoms with van der Waals surface area (Å²) in [4.78, 5) is 33.4. The van der Waals surface area contributed by atoms with Crippen molar-refractivity contribution in [2.45, 2.75) is 46.0 Å². The quantitative estimate of drug-likeness (QED) is 0.624. The van der Waals surface area contributed by atoms with Gasteiger partial charge < -0.3 is 9.80 Å². The number of carbonyl (C=O) groups is 2. The van der Waals surface area contributed by atoms with Gasteiger partial charge in [0.25, 0.3) is 11.8 Å². The van der Waals surface area contributed by atoms with E-state index in [-0.39, 0.29) is 11.8 Å². The second-order valence-electron chi connectivity index (χ2n) is 9.79. The van der Waals surface area contributed by atoms with Crippen molar-refractivity contribution in [3.05, 3.63) is 65.4 Å². The number of hydrogen-bond acceptors (Lipinski definition) is 4. The first-order valence-electron chi connectivity index (χ1n) is 12.3. The highest BCUT2D eigenvalue weighted by Gasteiger charge is 2.43. The van der Waals surface area contributed by atoms with Gasteiger partial charge in [-0.25, -0.2) is 4.90 Å². The number of aryl methyl sites for hydroxylation is 1. The Balaban J connectivity index is 1.50. The van der Waals surface area contributed by atoms with Gasteiger partial charge in [-0.05, 0) is 74.8 Å². The second-order valence-corrected chi connectivity index (χ2v) is 9.79. The monoisotopic (exact) mass is 443 g/mol. The van der Waals surface area contributed by atoms with Crippen LogP contribution in [0, 0.1) is 12.8 Å². The molecule has 2 amide bonds. The molecule has 0 spiro atoms. The molecule has 0 N–H and O–H groups in total. The minimum Gasteiger partial charge on any atom is -0.372 e. The molecule has 33 heavy (non-hydrogen) atoms. The lowest BCUT2D eigenvalue weighted by atomic mass is 9.97. The molecular weight excluding hydrogens is 410 g/mol. The van der Waals surface area contributed by atoms with E-state index >= 15 is 0 Å². The summed E-state index contributed by atoms with van der Waals surface area (Å²) in [6, 6.07) is 15.9. The van der Waals surface area contributed by atoms with E-state index in [1.165, 1.54) is 24.2 Å². The van der Waals surface area contributed by atoms with Gasteiger partial charge in [0.2, 0.25) is 0 Å². The van der Waals surface area contributed by atoms with Gasteiger partial charge in [0.15, 0.2) is 0 Å². The molecule has 3 aliphatic heterocycles. The van der Waals surface area contributed by atoms with Crippen LogP contribution in [0.2, 0.25) is 0 Å². The first-order valence-corrected chi connectivity index (χ1v) is 12.3. The van der Waals surface area contributed by atoms with E-state index in [1.807, 2.05) is 55.5 Å². The van der Waals surface area contributed by atoms with Gasteiger partial charge in [0, 0.05) is 31.9 Å². The van der Waals surface area contributed by atoms with Crippen LogP contribution in [-0.4, -0.2) is 42.9 Å². The molecular formula is C28H33N3O2. The summed E-state index contributed by atoms with van der Waals surface area (Å²) in [5.41, 5.74) is 4.86. The van der Waals surface area contributed by atoms with E-state index in [9.17, 15) is 9.59 Å². The number of hydrogen-bond donors (Lipinski definition) is 0. The number of rotatable bonds is 4. The number of carbonyl (C=O) groups excluding carboxylic acids is 2. The molecule has 1 unspecified atom stereocenters. The van der Waals surface area contributed by atoms with Crippen LogP contribution in [0.15, 0.2) is 54.2 Å². The Labute approximate surface area is 196 Å². The van der Waals surface area contributed by atoms with Crippen LogP contribution in [0.4, 0.5) is 11.4 Å². The number of amides is 2. The zero-order valence-electron chi connectivity index (χ0n) is 19.7. The standard InChI is InChI=1S/C28H33N3O2/c1-20-8-10-22(11-9-20)25-26(30-18-6-7-21(2)19-30)28(33)31(27(25)32)24-14-12-23(13-15-24)29-16-4-3-5-17-29/h8-15,21H,3-7,16-19H2,1-2H3. The van der Waals surface area contributed by atoms with Gasteiger partial charge >= 0.3 is 0 Å². The highest BCUT2D eigenvalue weighted by atomic mass is 16.2. The number of likely N-dealkylation sites (tertiary alicyclic amines) is 1. The molecule has 0 bridgehead atoms. The molecule has 5 nitrogen and oxygen atoms in total. The third-order valence-electron chi connectivity index (χ3n) is 7.20. The maximum atomic E-state index is 13.8. The molecule has 2 saturated heterocycles. The first kappa shape index (κ1) is 21.7. The zero-order chi connectivity index (χ0) is 22.9. The van der Waals surface area contributed by atoms with Crippen LogP contribution in [0.25, 0.3) is 5.57 Å². The summed E-state index contributed by atoms with van der Waals surface area (Å²) in [7, 11) is 0. The first-order chi connectivity index (χ1) is 16.0. The van der Waals surface area contributed by atoms with Crippen molar-refractivity contribution in [3.63, 3.8) is 0 Å². The van der Waals surface area contributed by atoms with Crippen LogP contribution >= 0.6 is 0 Å². The van der Waals surface area contributed by atoms with Crippen molar-refractivity contribution in [1.29, 1.82) is 0 Å². The molecule has 0 radical (unpaired) electrons. The summed E-state index contributed by atoms with van der Waals surface area (Å²) in [5.74, 6) is 0.0875. The Morgan fingerprint density at radius 1 is 0.727 bits per heavy atom. The minimum atomic E-state index is -0.220. The van der Waals surface area contributed by atoms with Gasteiger partial charge in [0.1, 0.15) is 5.70 Å². The van der Waals surface area contributed by atoms with Crippen molar-refractivity contribution < 1.29 is 9.59 Å². The molecule has 5 rings (SSSR count). The minimum absolute atomic E-state index is 0.199. The number of benzene rings is 2. The van der Waals surface area contributed by atoms with Crippen molar-refractivity contribution in [1.82, 2.24) is 4.90 Å². The van der Waals surface area contributed by atoms with E-state index in [0.717, 1.165) is 55.8 Å². The average molecular weight is 444 g/mol. The molecule has 2 aromatic carbocycles. The fourth-order valence-electron chi connectivity index (χ4n) is 5.38. The normalized spacial score (nSPS) is 21.9. The highest BCUT2D eigenvalue weighted by Crippen LogP contribution is 2.37. The number of piperidine rings is 2. The molecule has 5 heteroatoms. The number of imide groups is 1. The largest absolute Gasteiger partial charge is 0.372 e. The molecule has 0 saturated carbocycles. The van der Waals surface area contributed by atoms with E-state index in [0.29, 0.717) is 22.9 Å². The second kappa shape index (κ2) is 9.05. The molecule has 172 valence electrons. The topological polar surface area (TPSA) is 43.9 Å². The van der Waals surface area contributed by atoms with E-state index in [2.05, 4.69) is 16.7 Å². The lowest BCUT2D eigenvalue weighted by Gasteiger charge is -2.33. The third kappa shape index (κ3) is 4.17. The maximum absolute atomic E-state index is 13.8. The van der Waals surface area contributed by atoms with Gasteiger partial charge in [-0.15, -0.1) is 0 Å². The smallest absolute Gasteiger partial charge is 0.282 e. The molecule has 3 heterocycles. The number of nitrogens with zero attached hydrogens (tertiary/aromatic N) is 3. The Kier molecular flexibility index (Phi) is 5.96. The third-order valence-corrected chi connectivity index (χ3v) is 7.20. The van der Waals surface area contributed by atoms with Crippen LogP contribution < -0.4 is 9.80 Å². The van der Waals surface area contributed by atoms with Crippen LogP contribution in [0.1, 0.15) is 50.2 Å². The van der Waals surface area contributed by atoms with E-state index in [4.69, 9.17) is 0 Å². The molecule has 0 aromatic heterocycles. The van der Waals surface area contributed by atoms with Gasteiger partial charge in [-0.2, -0.15) is 0 Å². The fraction of sp³-hybridized carbons (Fsp3) is 0.429. The summed E-state index contributed by atoms with van der Waals surface area (Å²) >= 11 is 0. The lowest BCUT2D eigenvalue weighted by Crippen LogP contribution is -2.39. The molecule has 2 fully saturated rings. The molecule has 3 aliphatic rings. The van der Waals surface area contributed by atoms with Crippen molar-refractivity contribution in [3.8, 4) is 0 Å². The summed E-state index contributed by atoms with van der Waals surface area (Å²) < 4.78 is 0. The fourth-order valence-corrected chi connectivity index (χ4v) is 5.38. The molecule has 0 aliphatic carbocycles. The van der Waals surface area contributed by atoms with Crippen LogP contribution in [0.5, 0.6) is 0 Å². The van der Waals surface area contributed by atoms with Crippen molar-refractivity contribution >= 4 is 28.8 Å². The summed E-state index contributed by atoms with van der Waals surface area (Å²) in [6.07, 6.45) is 5.92. The molecule has 2 aromatic rings. The van der Waals surface area contributed by atoms with Crippen molar-refractivity contribution in [2.75, 3.05) is 36.0 Å². The zero-order valence-corrected chi connectivity index (χ0v) is 19.7. The Bertz CT molecular complexity index is 1070. The van der Waals surface area contributed by atoms with Crippen molar-refractivity contribution in [2.24, 2.45) is 5.92 Å². The summed E-state index contributed by atoms with van der Waals surface area (Å²) in [6.45, 7) is 8.01. The summed E-state index contributed by atoms with van der Waals surface area (Å²) in [5, 5.41) is 0. The SMILES string of the molecule is Cc1ccc(C2=C(N3CCCC(C)C3)C(=O)N(c3ccc(N4CCCCC4)cc3)C2=O)cc1. The Morgan fingerprint density at radius 3 is 2.03 bits per heavy atom. The number of anilines is 2. The van der Waals surface area contributed by atoms with Gasteiger partial charge in [-0.1, -0.05) is 36.8 Å². The maximum Gasteiger partial charge on any atom is 0.282 e. The van der Waals surface area contributed by atoms with Crippen LogP contribution in [-0.2, 0) is 9.59 Å². The Morgan fingerprint density at radius 2 is 1.36 bits per heavy atom. The predicted octanol–water partition coefficient (Wildman–Crippen LogP) is 5.00. The Hall–Kier alpha value is -3.08. The molecule has 1 atom stereocenters. The van der Waals surface area contributed by atoms with E-state index < -0.39 is 0 Å². The highest BCUT2D eigenvalue weighted by molar-refractivity contribution is 6.45. The van der Waals surface area contributed by atoms with Gasteiger partial charge in [0.05, 0.1) is 11.3 Å². The average Bonchev–Trinajstić information content (AvgIpc) is 3.10. The van der Waals surface area contributed by atoms with E-state index in [1.54, 1.807) is 0 Å².